The second kappa shape index (κ2) is 11.9. The Balaban J connectivity index is 1.16. The number of rotatable bonds is 4. The molecule has 9 aromatic carbocycles. The van der Waals surface area contributed by atoms with Gasteiger partial charge in [0.1, 0.15) is 11.2 Å². The molecule has 260 valence electrons. The van der Waals surface area contributed by atoms with Crippen LogP contribution in [-0.2, 0) is 0 Å². The molecule has 56 heavy (non-hydrogen) atoms. The third-order valence-corrected chi connectivity index (χ3v) is 11.2. The van der Waals surface area contributed by atoms with E-state index in [-0.39, 0.29) is 0 Å². The van der Waals surface area contributed by atoms with Gasteiger partial charge in [-0.1, -0.05) is 140 Å². The predicted octanol–water partition coefficient (Wildman–Crippen LogP) is 13.7. The number of aromatic nitrogens is 3. The molecule has 0 atom stereocenters. The fourth-order valence-corrected chi connectivity index (χ4v) is 8.63. The molecule has 1 aliphatic rings. The van der Waals surface area contributed by atoms with Crippen molar-refractivity contribution in [2.75, 3.05) is 4.90 Å². The zero-order valence-corrected chi connectivity index (χ0v) is 30.0. The van der Waals surface area contributed by atoms with Gasteiger partial charge in [-0.3, -0.25) is 0 Å². The van der Waals surface area contributed by atoms with Crippen molar-refractivity contribution in [3.63, 3.8) is 0 Å². The van der Waals surface area contributed by atoms with Gasteiger partial charge in [-0.25, -0.2) is 15.0 Å². The van der Waals surface area contributed by atoms with Crippen molar-refractivity contribution >= 4 is 71.3 Å². The summed E-state index contributed by atoms with van der Waals surface area (Å²) in [5.41, 5.74) is 9.99. The fourth-order valence-electron chi connectivity index (χ4n) is 8.63. The highest BCUT2D eigenvalue weighted by molar-refractivity contribution is 6.17. The SMILES string of the molecule is c1ccc(-c2nc(-c3ccc4c(c3)oc3ccccc34)nc(-c3c(N4c5cc6ccccc6cc5-c5cccc6cccc4c56)ccc4ccccc34)n2)cc1. The van der Waals surface area contributed by atoms with Gasteiger partial charge < -0.3 is 9.32 Å². The summed E-state index contributed by atoms with van der Waals surface area (Å²) in [4.78, 5) is 18.3. The number of benzene rings is 9. The van der Waals surface area contributed by atoms with Crippen LogP contribution in [0.1, 0.15) is 0 Å². The van der Waals surface area contributed by atoms with E-state index < -0.39 is 0 Å². The molecule has 1 aliphatic heterocycles. The van der Waals surface area contributed by atoms with E-state index in [9.17, 15) is 0 Å². The van der Waals surface area contributed by atoms with Crippen LogP contribution in [0.2, 0.25) is 0 Å². The summed E-state index contributed by atoms with van der Waals surface area (Å²) in [6.07, 6.45) is 0. The first-order valence-electron chi connectivity index (χ1n) is 18.9. The Morgan fingerprint density at radius 2 is 1.02 bits per heavy atom. The van der Waals surface area contributed by atoms with E-state index in [2.05, 4.69) is 150 Å². The molecule has 5 heteroatoms. The molecular formula is C51H30N4O. The average molecular weight is 715 g/mol. The molecule has 0 unspecified atom stereocenters. The zero-order chi connectivity index (χ0) is 36.7. The second-order valence-electron chi connectivity index (χ2n) is 14.4. The molecule has 0 bridgehead atoms. The summed E-state index contributed by atoms with van der Waals surface area (Å²) >= 11 is 0. The molecule has 3 heterocycles. The number of hydrogen-bond donors (Lipinski definition) is 0. The third kappa shape index (κ3) is 4.64. The van der Waals surface area contributed by atoms with Crippen molar-refractivity contribution in [2.45, 2.75) is 0 Å². The van der Waals surface area contributed by atoms with Gasteiger partial charge in [-0.15, -0.1) is 0 Å². The van der Waals surface area contributed by atoms with Crippen molar-refractivity contribution in [1.29, 1.82) is 0 Å². The van der Waals surface area contributed by atoms with E-state index in [1.165, 1.54) is 32.7 Å². The maximum absolute atomic E-state index is 6.34. The molecule has 0 fully saturated rings. The Morgan fingerprint density at radius 1 is 0.357 bits per heavy atom. The number of hydrogen-bond acceptors (Lipinski definition) is 5. The fraction of sp³-hybridized carbons (Fsp3) is 0. The first kappa shape index (κ1) is 30.8. The van der Waals surface area contributed by atoms with E-state index in [0.29, 0.717) is 17.5 Å². The Kier molecular flexibility index (Phi) is 6.56. The summed E-state index contributed by atoms with van der Waals surface area (Å²) in [7, 11) is 0. The molecule has 0 amide bonds. The summed E-state index contributed by atoms with van der Waals surface area (Å²) < 4.78 is 6.34. The minimum Gasteiger partial charge on any atom is -0.456 e. The second-order valence-corrected chi connectivity index (χ2v) is 14.4. The van der Waals surface area contributed by atoms with Gasteiger partial charge in [-0.05, 0) is 75.0 Å². The molecule has 5 nitrogen and oxygen atoms in total. The highest BCUT2D eigenvalue weighted by atomic mass is 16.3. The largest absolute Gasteiger partial charge is 0.456 e. The summed E-state index contributed by atoms with van der Waals surface area (Å²) in [5.74, 6) is 1.78. The maximum Gasteiger partial charge on any atom is 0.166 e. The van der Waals surface area contributed by atoms with Gasteiger partial charge >= 0.3 is 0 Å². The zero-order valence-electron chi connectivity index (χ0n) is 30.0. The first-order valence-corrected chi connectivity index (χ1v) is 18.9. The molecule has 0 spiro atoms. The molecule has 0 saturated carbocycles. The third-order valence-electron chi connectivity index (χ3n) is 11.2. The van der Waals surface area contributed by atoms with Gasteiger partial charge in [0.05, 0.1) is 22.6 Å². The quantitative estimate of drug-likeness (QED) is 0.182. The van der Waals surface area contributed by atoms with E-state index in [4.69, 9.17) is 19.4 Å². The predicted molar refractivity (Wildman–Crippen MR) is 230 cm³/mol. The van der Waals surface area contributed by atoms with Crippen LogP contribution in [0.4, 0.5) is 17.1 Å². The molecule has 2 aromatic heterocycles. The van der Waals surface area contributed by atoms with Crippen molar-refractivity contribution in [3.05, 3.63) is 182 Å². The van der Waals surface area contributed by atoms with Crippen LogP contribution in [0.3, 0.4) is 0 Å². The van der Waals surface area contributed by atoms with Crippen LogP contribution in [0, 0.1) is 0 Å². The Hall–Kier alpha value is -7.63. The van der Waals surface area contributed by atoms with Gasteiger partial charge in [0, 0.05) is 32.8 Å². The van der Waals surface area contributed by atoms with Crippen LogP contribution in [0.5, 0.6) is 0 Å². The van der Waals surface area contributed by atoms with E-state index >= 15 is 0 Å². The van der Waals surface area contributed by atoms with Gasteiger partial charge in [0.15, 0.2) is 17.5 Å². The maximum atomic E-state index is 6.34. The lowest BCUT2D eigenvalue weighted by molar-refractivity contribution is 0.669. The normalized spacial score (nSPS) is 12.2. The van der Waals surface area contributed by atoms with Crippen LogP contribution < -0.4 is 4.90 Å². The molecule has 0 radical (unpaired) electrons. The average Bonchev–Trinajstić information content (AvgIpc) is 3.64. The van der Waals surface area contributed by atoms with E-state index in [1.54, 1.807) is 0 Å². The van der Waals surface area contributed by atoms with E-state index in [1.807, 2.05) is 36.4 Å². The number of para-hydroxylation sites is 1. The lowest BCUT2D eigenvalue weighted by atomic mass is 9.88. The summed E-state index contributed by atoms with van der Waals surface area (Å²) in [6, 6.07) is 64.0. The molecule has 0 aliphatic carbocycles. The van der Waals surface area contributed by atoms with Crippen molar-refractivity contribution in [3.8, 4) is 45.3 Å². The Bertz CT molecular complexity index is 3380. The highest BCUT2D eigenvalue weighted by Crippen LogP contribution is 2.54. The number of furan rings is 1. The topological polar surface area (TPSA) is 55.1 Å². The van der Waals surface area contributed by atoms with Crippen molar-refractivity contribution in [2.24, 2.45) is 0 Å². The molecule has 12 rings (SSSR count). The number of fused-ring (bicyclic) bond motifs is 7. The molecular weight excluding hydrogens is 685 g/mol. The lowest BCUT2D eigenvalue weighted by Crippen LogP contribution is -2.16. The van der Waals surface area contributed by atoms with Crippen LogP contribution in [0.25, 0.3) is 99.5 Å². The Morgan fingerprint density at radius 3 is 1.88 bits per heavy atom. The number of nitrogens with zero attached hydrogens (tertiary/aromatic N) is 4. The van der Waals surface area contributed by atoms with Gasteiger partial charge in [-0.2, -0.15) is 0 Å². The van der Waals surface area contributed by atoms with Crippen molar-refractivity contribution < 1.29 is 4.42 Å². The van der Waals surface area contributed by atoms with Crippen LogP contribution >= 0.6 is 0 Å². The van der Waals surface area contributed by atoms with Gasteiger partial charge in [0.25, 0.3) is 0 Å². The van der Waals surface area contributed by atoms with Crippen molar-refractivity contribution in [1.82, 2.24) is 15.0 Å². The molecule has 11 aromatic rings. The Labute approximate surface area is 321 Å². The standard InChI is InChI=1S/C51H30N4O/c1-2-13-33(14-3-1)49-52-50(36-24-26-39-38-20-8-9-23-45(38)56-46(39)30-36)54-51(53-49)48-37-19-7-6-12-31(37)25-27-43(48)55-42-22-11-18-32-17-10-21-40(47(32)42)41-28-34-15-4-5-16-35(34)29-44(41)55/h1-30H. The highest BCUT2D eigenvalue weighted by Gasteiger charge is 2.30. The molecule has 0 saturated heterocycles. The summed E-state index contributed by atoms with van der Waals surface area (Å²) in [5, 5.41) is 9.11. The number of anilines is 3. The smallest absolute Gasteiger partial charge is 0.166 e. The van der Waals surface area contributed by atoms with Crippen LogP contribution in [0.15, 0.2) is 186 Å². The summed E-state index contributed by atoms with van der Waals surface area (Å²) in [6.45, 7) is 0. The minimum atomic E-state index is 0.576. The van der Waals surface area contributed by atoms with E-state index in [0.717, 1.165) is 66.5 Å². The lowest BCUT2D eigenvalue weighted by Gasteiger charge is -2.35. The minimum absolute atomic E-state index is 0.576. The molecule has 0 N–H and O–H groups in total. The first-order chi connectivity index (χ1) is 27.7. The monoisotopic (exact) mass is 714 g/mol. The van der Waals surface area contributed by atoms with Crippen LogP contribution in [-0.4, -0.2) is 15.0 Å². The van der Waals surface area contributed by atoms with Gasteiger partial charge in [0.2, 0.25) is 0 Å².